The Morgan fingerprint density at radius 1 is 1.57 bits per heavy atom. The van der Waals surface area contributed by atoms with Crippen LogP contribution in [0.4, 0.5) is 0 Å². The quantitative estimate of drug-likeness (QED) is 0.715. The molecule has 0 saturated heterocycles. The predicted octanol–water partition coefficient (Wildman–Crippen LogP) is 1.35. The molecule has 3 heteroatoms. The Kier molecular flexibility index (Phi) is 3.19. The Morgan fingerprint density at radius 3 is 3.00 bits per heavy atom. The SMILES string of the molecule is Cn1ccnc1CCNCC1CCC1. The molecule has 1 aliphatic rings. The molecule has 1 N–H and O–H groups in total. The summed E-state index contributed by atoms with van der Waals surface area (Å²) in [6.45, 7) is 2.26. The third kappa shape index (κ3) is 2.35. The molecule has 3 nitrogen and oxygen atoms in total. The second-order valence-corrected chi connectivity index (χ2v) is 4.21. The lowest BCUT2D eigenvalue weighted by molar-refractivity contribution is 0.302. The molecule has 1 aliphatic carbocycles. The summed E-state index contributed by atoms with van der Waals surface area (Å²) in [6, 6.07) is 0. The minimum Gasteiger partial charge on any atom is -0.338 e. The molecule has 1 aromatic rings. The van der Waals surface area contributed by atoms with Gasteiger partial charge >= 0.3 is 0 Å². The molecule has 14 heavy (non-hydrogen) atoms. The first-order valence-corrected chi connectivity index (χ1v) is 5.53. The maximum atomic E-state index is 4.29. The first-order valence-electron chi connectivity index (χ1n) is 5.53. The van der Waals surface area contributed by atoms with Crippen molar-refractivity contribution in [2.75, 3.05) is 13.1 Å². The zero-order chi connectivity index (χ0) is 9.80. The van der Waals surface area contributed by atoms with E-state index in [0.29, 0.717) is 0 Å². The van der Waals surface area contributed by atoms with Crippen LogP contribution in [0.25, 0.3) is 0 Å². The number of aromatic nitrogens is 2. The fourth-order valence-electron chi connectivity index (χ4n) is 1.84. The number of aryl methyl sites for hydroxylation is 1. The molecule has 1 heterocycles. The normalized spacial score (nSPS) is 16.9. The first-order chi connectivity index (χ1) is 6.86. The Hall–Kier alpha value is -0.830. The van der Waals surface area contributed by atoms with Crippen LogP contribution in [-0.2, 0) is 13.5 Å². The lowest BCUT2D eigenvalue weighted by Gasteiger charge is -2.25. The summed E-state index contributed by atoms with van der Waals surface area (Å²) in [4.78, 5) is 4.29. The molecule has 1 fully saturated rings. The van der Waals surface area contributed by atoms with E-state index in [-0.39, 0.29) is 0 Å². The van der Waals surface area contributed by atoms with E-state index in [1.165, 1.54) is 31.6 Å². The molecule has 1 saturated carbocycles. The highest BCUT2D eigenvalue weighted by Gasteiger charge is 2.16. The lowest BCUT2D eigenvalue weighted by Crippen LogP contribution is -2.29. The summed E-state index contributed by atoms with van der Waals surface area (Å²) in [5.41, 5.74) is 0. The van der Waals surface area contributed by atoms with Gasteiger partial charge in [-0.25, -0.2) is 4.98 Å². The minimum absolute atomic E-state index is 0.955. The Morgan fingerprint density at radius 2 is 2.43 bits per heavy atom. The van der Waals surface area contributed by atoms with Gasteiger partial charge in [-0.2, -0.15) is 0 Å². The van der Waals surface area contributed by atoms with Crippen molar-refractivity contribution in [3.05, 3.63) is 18.2 Å². The largest absolute Gasteiger partial charge is 0.338 e. The topological polar surface area (TPSA) is 29.9 Å². The molecule has 2 rings (SSSR count). The van der Waals surface area contributed by atoms with Gasteiger partial charge in [0.05, 0.1) is 0 Å². The third-order valence-electron chi connectivity index (χ3n) is 3.10. The second kappa shape index (κ2) is 4.60. The molecule has 78 valence electrons. The monoisotopic (exact) mass is 193 g/mol. The van der Waals surface area contributed by atoms with Gasteiger partial charge in [-0.15, -0.1) is 0 Å². The third-order valence-corrected chi connectivity index (χ3v) is 3.10. The van der Waals surface area contributed by atoms with Crippen molar-refractivity contribution in [2.45, 2.75) is 25.7 Å². The van der Waals surface area contributed by atoms with Crippen molar-refractivity contribution in [3.8, 4) is 0 Å². The summed E-state index contributed by atoms with van der Waals surface area (Å²) in [6.07, 6.45) is 9.19. The van der Waals surface area contributed by atoms with E-state index in [2.05, 4.69) is 14.9 Å². The Labute approximate surface area is 85.5 Å². The fourth-order valence-corrected chi connectivity index (χ4v) is 1.84. The maximum Gasteiger partial charge on any atom is 0.109 e. The molecule has 0 bridgehead atoms. The Bertz CT molecular complexity index is 276. The molecule has 0 aromatic carbocycles. The van der Waals surface area contributed by atoms with Gasteiger partial charge in [0.1, 0.15) is 5.82 Å². The van der Waals surface area contributed by atoms with E-state index in [9.17, 15) is 0 Å². The van der Waals surface area contributed by atoms with E-state index in [1.54, 1.807) is 0 Å². The van der Waals surface area contributed by atoms with Crippen LogP contribution in [0, 0.1) is 5.92 Å². The van der Waals surface area contributed by atoms with E-state index in [0.717, 1.165) is 18.9 Å². The van der Waals surface area contributed by atoms with E-state index in [1.807, 2.05) is 19.4 Å². The van der Waals surface area contributed by atoms with Crippen molar-refractivity contribution in [1.29, 1.82) is 0 Å². The molecule has 0 amide bonds. The minimum atomic E-state index is 0.955. The van der Waals surface area contributed by atoms with Crippen LogP contribution >= 0.6 is 0 Å². The van der Waals surface area contributed by atoms with Gasteiger partial charge < -0.3 is 9.88 Å². The van der Waals surface area contributed by atoms with Crippen molar-refractivity contribution in [3.63, 3.8) is 0 Å². The highest BCUT2D eigenvalue weighted by molar-refractivity contribution is 4.91. The molecule has 0 aliphatic heterocycles. The molecule has 0 unspecified atom stereocenters. The number of nitrogens with zero attached hydrogens (tertiary/aromatic N) is 2. The number of hydrogen-bond donors (Lipinski definition) is 1. The van der Waals surface area contributed by atoms with Crippen LogP contribution in [-0.4, -0.2) is 22.6 Å². The molecule has 0 radical (unpaired) electrons. The molecule has 0 spiro atoms. The number of imidazole rings is 1. The van der Waals surface area contributed by atoms with Crippen molar-refractivity contribution in [1.82, 2.24) is 14.9 Å². The van der Waals surface area contributed by atoms with Crippen molar-refractivity contribution < 1.29 is 0 Å². The van der Waals surface area contributed by atoms with Gasteiger partial charge in [0.2, 0.25) is 0 Å². The Balaban J connectivity index is 1.60. The van der Waals surface area contributed by atoms with Gasteiger partial charge in [0.15, 0.2) is 0 Å². The summed E-state index contributed by atoms with van der Waals surface area (Å²) in [7, 11) is 2.05. The highest BCUT2D eigenvalue weighted by Crippen LogP contribution is 2.24. The smallest absolute Gasteiger partial charge is 0.109 e. The van der Waals surface area contributed by atoms with E-state index in [4.69, 9.17) is 0 Å². The zero-order valence-corrected chi connectivity index (χ0v) is 8.87. The standard InChI is InChI=1S/C11H19N3/c1-14-8-7-13-11(14)5-6-12-9-10-3-2-4-10/h7-8,10,12H,2-6,9H2,1H3. The molecule has 0 atom stereocenters. The van der Waals surface area contributed by atoms with Crippen LogP contribution in [0.1, 0.15) is 25.1 Å². The average molecular weight is 193 g/mol. The van der Waals surface area contributed by atoms with Crippen LogP contribution in [0.2, 0.25) is 0 Å². The van der Waals surface area contributed by atoms with Crippen molar-refractivity contribution in [2.24, 2.45) is 13.0 Å². The van der Waals surface area contributed by atoms with Gasteiger partial charge in [-0.3, -0.25) is 0 Å². The number of hydrogen-bond acceptors (Lipinski definition) is 2. The van der Waals surface area contributed by atoms with Gasteiger partial charge in [0, 0.05) is 32.4 Å². The first kappa shape index (κ1) is 9.71. The number of nitrogens with one attached hydrogen (secondary N) is 1. The van der Waals surface area contributed by atoms with Crippen molar-refractivity contribution >= 4 is 0 Å². The molecule has 1 aromatic heterocycles. The van der Waals surface area contributed by atoms with Crippen LogP contribution in [0.3, 0.4) is 0 Å². The highest BCUT2D eigenvalue weighted by atomic mass is 15.0. The average Bonchev–Trinajstić information content (AvgIpc) is 2.48. The summed E-state index contributed by atoms with van der Waals surface area (Å²) < 4.78 is 2.09. The summed E-state index contributed by atoms with van der Waals surface area (Å²) >= 11 is 0. The lowest BCUT2D eigenvalue weighted by atomic mass is 9.85. The van der Waals surface area contributed by atoms with Gasteiger partial charge in [-0.1, -0.05) is 6.42 Å². The number of rotatable bonds is 5. The van der Waals surface area contributed by atoms with Crippen LogP contribution < -0.4 is 5.32 Å². The predicted molar refractivity (Wildman–Crippen MR) is 57.1 cm³/mol. The van der Waals surface area contributed by atoms with Gasteiger partial charge in [0.25, 0.3) is 0 Å². The summed E-state index contributed by atoms with van der Waals surface area (Å²) in [5.74, 6) is 2.13. The van der Waals surface area contributed by atoms with Crippen LogP contribution in [0.15, 0.2) is 12.4 Å². The summed E-state index contributed by atoms with van der Waals surface area (Å²) in [5, 5.41) is 3.50. The van der Waals surface area contributed by atoms with E-state index >= 15 is 0 Å². The molecular weight excluding hydrogens is 174 g/mol. The molecular formula is C11H19N3. The second-order valence-electron chi connectivity index (χ2n) is 4.21. The van der Waals surface area contributed by atoms with Gasteiger partial charge in [-0.05, 0) is 25.3 Å². The zero-order valence-electron chi connectivity index (χ0n) is 8.87. The van der Waals surface area contributed by atoms with Crippen LogP contribution in [0.5, 0.6) is 0 Å². The fraction of sp³-hybridized carbons (Fsp3) is 0.727. The van der Waals surface area contributed by atoms with E-state index < -0.39 is 0 Å². The maximum absolute atomic E-state index is 4.29.